The molecule has 1 amide bonds. The predicted octanol–water partition coefficient (Wildman–Crippen LogP) is 2.75. The minimum absolute atomic E-state index is 0.0124. The highest BCUT2D eigenvalue weighted by Gasteiger charge is 2.25. The lowest BCUT2D eigenvalue weighted by Gasteiger charge is -2.21. The van der Waals surface area contributed by atoms with E-state index in [0.29, 0.717) is 6.54 Å². The molecule has 0 radical (unpaired) electrons. The molecule has 30 heavy (non-hydrogen) atoms. The maximum atomic E-state index is 13.0. The van der Waals surface area contributed by atoms with Crippen LogP contribution in [0.1, 0.15) is 29.1 Å². The summed E-state index contributed by atoms with van der Waals surface area (Å²) in [6.07, 6.45) is 2.44. The van der Waals surface area contributed by atoms with Crippen LogP contribution in [0.4, 0.5) is 5.69 Å². The smallest absolute Gasteiger partial charge is 0.279 e. The fourth-order valence-corrected chi connectivity index (χ4v) is 4.83. The molecule has 158 valence electrons. The van der Waals surface area contributed by atoms with Gasteiger partial charge < -0.3 is 15.0 Å². The van der Waals surface area contributed by atoms with E-state index >= 15 is 0 Å². The van der Waals surface area contributed by atoms with Crippen LogP contribution in [0.5, 0.6) is 0 Å². The van der Waals surface area contributed by atoms with E-state index < -0.39 is 0 Å². The number of carbonyl (C=O) groups is 1. The normalized spacial score (nSPS) is 17.2. The van der Waals surface area contributed by atoms with E-state index in [-0.39, 0.29) is 12.0 Å². The number of anilines is 1. The van der Waals surface area contributed by atoms with Crippen molar-refractivity contribution in [1.82, 2.24) is 9.78 Å². The molecule has 0 spiro atoms. The van der Waals surface area contributed by atoms with Crippen molar-refractivity contribution >= 4 is 22.9 Å². The van der Waals surface area contributed by atoms with Gasteiger partial charge in [-0.25, -0.2) is 4.68 Å². The van der Waals surface area contributed by atoms with Crippen molar-refractivity contribution in [3.8, 4) is 5.69 Å². The molecule has 4 rings (SSSR count). The van der Waals surface area contributed by atoms with E-state index in [1.807, 2.05) is 48.9 Å². The Morgan fingerprint density at radius 2 is 2.10 bits per heavy atom. The summed E-state index contributed by atoms with van der Waals surface area (Å²) in [5, 5.41) is 9.84. The Morgan fingerprint density at radius 3 is 2.80 bits per heavy atom. The molecular weight excluding hydrogens is 396 g/mol. The van der Waals surface area contributed by atoms with Crippen molar-refractivity contribution < 1.29 is 14.4 Å². The van der Waals surface area contributed by atoms with Gasteiger partial charge in [-0.1, -0.05) is 24.3 Å². The molecule has 3 heterocycles. The first-order valence-electron chi connectivity index (χ1n) is 10.5. The zero-order valence-corrected chi connectivity index (χ0v) is 18.4. The number of thiophene rings is 1. The van der Waals surface area contributed by atoms with E-state index in [1.54, 1.807) is 11.3 Å². The quantitative estimate of drug-likeness (QED) is 0.583. The first-order valence-corrected chi connectivity index (χ1v) is 11.4. The van der Waals surface area contributed by atoms with E-state index in [2.05, 4.69) is 27.9 Å². The van der Waals surface area contributed by atoms with Crippen LogP contribution in [-0.2, 0) is 16.1 Å². The third-order valence-electron chi connectivity index (χ3n) is 5.51. The van der Waals surface area contributed by atoms with E-state index in [0.717, 1.165) is 55.3 Å². The molecule has 0 saturated carbocycles. The third kappa shape index (κ3) is 4.98. The number of benzene rings is 1. The van der Waals surface area contributed by atoms with E-state index in [1.165, 1.54) is 9.78 Å². The van der Waals surface area contributed by atoms with Crippen molar-refractivity contribution in [3.05, 3.63) is 64.1 Å². The van der Waals surface area contributed by atoms with Gasteiger partial charge in [0.05, 0.1) is 27.6 Å². The fourth-order valence-electron chi connectivity index (χ4n) is 4.05. The second-order valence-electron chi connectivity index (χ2n) is 7.86. The zero-order chi connectivity index (χ0) is 20.9. The molecule has 2 aromatic heterocycles. The molecule has 7 heteroatoms. The van der Waals surface area contributed by atoms with Crippen LogP contribution in [0.3, 0.4) is 0 Å². The van der Waals surface area contributed by atoms with E-state index in [4.69, 9.17) is 4.74 Å². The highest BCUT2D eigenvalue weighted by Crippen LogP contribution is 2.22. The van der Waals surface area contributed by atoms with Gasteiger partial charge in [-0.15, -0.1) is 11.3 Å². The van der Waals surface area contributed by atoms with Crippen LogP contribution in [0, 0.1) is 13.8 Å². The van der Waals surface area contributed by atoms with Crippen LogP contribution in [0.15, 0.2) is 47.8 Å². The lowest BCUT2D eigenvalue weighted by molar-refractivity contribution is -0.908. The first-order chi connectivity index (χ1) is 14.6. The summed E-state index contributed by atoms with van der Waals surface area (Å²) >= 11 is 1.74. The average molecular weight is 426 g/mol. The number of quaternary nitrogens is 1. The minimum Gasteiger partial charge on any atom is -0.372 e. The molecule has 1 aromatic carbocycles. The number of hydrogen-bond acceptors (Lipinski definition) is 4. The predicted molar refractivity (Wildman–Crippen MR) is 119 cm³/mol. The van der Waals surface area contributed by atoms with Gasteiger partial charge in [0.25, 0.3) is 5.91 Å². The number of aromatic nitrogens is 2. The number of rotatable bonds is 8. The first kappa shape index (κ1) is 20.8. The molecule has 1 saturated heterocycles. The van der Waals surface area contributed by atoms with E-state index in [9.17, 15) is 4.79 Å². The number of hydrogen-bond donors (Lipinski definition) is 2. The molecule has 0 aliphatic carbocycles. The van der Waals surface area contributed by atoms with Crippen LogP contribution < -0.4 is 10.2 Å². The van der Waals surface area contributed by atoms with Crippen molar-refractivity contribution in [2.75, 3.05) is 25.0 Å². The van der Waals surface area contributed by atoms with Crippen molar-refractivity contribution in [3.63, 3.8) is 0 Å². The average Bonchev–Trinajstić information content (AvgIpc) is 3.49. The third-order valence-corrected chi connectivity index (χ3v) is 6.39. The SMILES string of the molecule is Cc1nn(-c2ccccc2)c(C)c1NC(=O)C[NH+](Cc1cccs1)C[C@H]1CCCO1. The number of para-hydroxylation sites is 1. The molecule has 0 bridgehead atoms. The molecule has 6 nitrogen and oxygen atoms in total. The number of amides is 1. The standard InChI is InChI=1S/C23H28N4O2S/c1-17-23(18(2)27(25-17)19-8-4-3-5-9-19)24-22(28)16-26(14-20-10-6-12-29-20)15-21-11-7-13-30-21/h3-5,7-9,11,13,20H,6,10,12,14-16H2,1-2H3,(H,24,28)/p+1/t20-/m1/s1. The molecule has 2 atom stereocenters. The molecule has 1 aliphatic rings. The monoisotopic (exact) mass is 425 g/mol. The number of carbonyl (C=O) groups excluding carboxylic acids is 1. The Morgan fingerprint density at radius 1 is 1.27 bits per heavy atom. The van der Waals surface area contributed by atoms with Crippen LogP contribution in [0.25, 0.3) is 5.69 Å². The second kappa shape index (κ2) is 9.55. The maximum Gasteiger partial charge on any atom is 0.279 e. The highest BCUT2D eigenvalue weighted by atomic mass is 32.1. The Balaban J connectivity index is 1.45. The molecule has 1 aliphatic heterocycles. The largest absolute Gasteiger partial charge is 0.372 e. The molecular formula is C23H29N4O2S+. The zero-order valence-electron chi connectivity index (χ0n) is 17.6. The van der Waals surface area contributed by atoms with Crippen molar-refractivity contribution in [2.45, 2.75) is 39.3 Å². The number of ether oxygens (including phenoxy) is 1. The van der Waals surface area contributed by atoms with Gasteiger partial charge in [0.1, 0.15) is 19.2 Å². The van der Waals surface area contributed by atoms with Gasteiger partial charge >= 0.3 is 0 Å². The van der Waals surface area contributed by atoms with Gasteiger partial charge in [-0.05, 0) is 50.3 Å². The highest BCUT2D eigenvalue weighted by molar-refractivity contribution is 7.09. The molecule has 1 unspecified atom stereocenters. The van der Waals surface area contributed by atoms with Gasteiger partial charge in [0.15, 0.2) is 6.54 Å². The second-order valence-corrected chi connectivity index (χ2v) is 8.90. The Kier molecular flexibility index (Phi) is 6.62. The van der Waals surface area contributed by atoms with Gasteiger partial charge in [0.2, 0.25) is 0 Å². The van der Waals surface area contributed by atoms with Crippen LogP contribution >= 0.6 is 11.3 Å². The maximum absolute atomic E-state index is 13.0. The Labute approximate surface area is 181 Å². The summed E-state index contributed by atoms with van der Waals surface area (Å²) in [5.74, 6) is 0.0124. The summed E-state index contributed by atoms with van der Waals surface area (Å²) in [4.78, 5) is 15.5. The van der Waals surface area contributed by atoms with Crippen LogP contribution in [0.2, 0.25) is 0 Å². The molecule has 2 N–H and O–H groups in total. The Bertz CT molecular complexity index is 963. The summed E-state index contributed by atoms with van der Waals surface area (Å²) in [5.41, 5.74) is 3.55. The van der Waals surface area contributed by atoms with Crippen molar-refractivity contribution in [2.24, 2.45) is 0 Å². The lowest BCUT2D eigenvalue weighted by Crippen LogP contribution is -3.12. The molecule has 1 fully saturated rings. The fraction of sp³-hybridized carbons (Fsp3) is 0.391. The van der Waals surface area contributed by atoms with Gasteiger partial charge in [-0.3, -0.25) is 4.79 Å². The summed E-state index contributed by atoms with van der Waals surface area (Å²) in [6.45, 7) is 6.86. The minimum atomic E-state index is 0.0124. The summed E-state index contributed by atoms with van der Waals surface area (Å²) < 4.78 is 7.71. The van der Waals surface area contributed by atoms with Crippen LogP contribution in [-0.4, -0.2) is 41.5 Å². The number of nitrogens with zero attached hydrogens (tertiary/aromatic N) is 2. The van der Waals surface area contributed by atoms with Crippen molar-refractivity contribution in [1.29, 1.82) is 0 Å². The number of aryl methyl sites for hydroxylation is 1. The summed E-state index contributed by atoms with van der Waals surface area (Å²) in [7, 11) is 0. The number of nitrogens with one attached hydrogen (secondary N) is 2. The Hall–Kier alpha value is -2.48. The molecule has 3 aromatic rings. The summed E-state index contributed by atoms with van der Waals surface area (Å²) in [6, 6.07) is 14.2. The lowest BCUT2D eigenvalue weighted by atomic mass is 10.2. The topological polar surface area (TPSA) is 60.6 Å². The van der Waals surface area contributed by atoms with Gasteiger partial charge in [-0.2, -0.15) is 5.10 Å². The van der Waals surface area contributed by atoms with Gasteiger partial charge in [0, 0.05) is 6.61 Å².